The number of carbonyl (C=O) groups excluding carboxylic acids is 2. The minimum Gasteiger partial charge on any atom is -0.241 e. The smallest absolute Gasteiger partial charge is 0.241 e. The van der Waals surface area contributed by atoms with Crippen molar-refractivity contribution in [1.82, 2.24) is 0 Å². The highest BCUT2D eigenvalue weighted by Gasteiger charge is 2.22. The molecule has 0 unspecified atom stereocenters. The van der Waals surface area contributed by atoms with Gasteiger partial charge in [0.15, 0.2) is 0 Å². The molecule has 0 bridgehead atoms. The Balaban J connectivity index is 1.60. The molecule has 36 heavy (non-hydrogen) atoms. The van der Waals surface area contributed by atoms with Crippen LogP contribution in [-0.2, 0) is 9.78 Å². The molecule has 0 aliphatic rings. The highest BCUT2D eigenvalue weighted by atomic mass is 17.2. The van der Waals surface area contributed by atoms with Crippen molar-refractivity contribution >= 4 is 11.9 Å². The summed E-state index contributed by atoms with van der Waals surface area (Å²) in [6.45, 7) is 8.43. The third-order valence-electron chi connectivity index (χ3n) is 6.23. The van der Waals surface area contributed by atoms with Crippen LogP contribution in [0.1, 0.15) is 71.4 Å². The number of rotatable bonds is 6. The Bertz CT molecular complexity index is 1280. The molecule has 0 amide bonds. The molecule has 4 heteroatoms. The highest BCUT2D eigenvalue weighted by molar-refractivity contribution is 6.00. The average Bonchev–Trinajstić information content (AvgIpc) is 2.91. The fourth-order valence-electron chi connectivity index (χ4n) is 4.45. The first kappa shape index (κ1) is 24.9. The monoisotopic (exact) mass is 478 g/mol. The molecule has 182 valence electrons. The zero-order valence-corrected chi connectivity index (χ0v) is 21.0. The highest BCUT2D eigenvalue weighted by Crippen LogP contribution is 2.33. The van der Waals surface area contributed by atoms with Gasteiger partial charge >= 0.3 is 11.9 Å². The van der Waals surface area contributed by atoms with Crippen molar-refractivity contribution in [2.75, 3.05) is 0 Å². The van der Waals surface area contributed by atoms with Crippen molar-refractivity contribution in [2.24, 2.45) is 0 Å². The van der Waals surface area contributed by atoms with Gasteiger partial charge < -0.3 is 0 Å². The van der Waals surface area contributed by atoms with Crippen molar-refractivity contribution in [3.05, 3.63) is 119 Å². The van der Waals surface area contributed by atoms with Gasteiger partial charge in [0.05, 0.1) is 11.1 Å². The number of carbonyl (C=O) groups is 2. The predicted octanol–water partition coefficient (Wildman–Crippen LogP) is 8.20. The van der Waals surface area contributed by atoms with E-state index in [2.05, 4.69) is 27.7 Å². The third kappa shape index (κ3) is 5.23. The Morgan fingerprint density at radius 3 is 1.14 bits per heavy atom. The maximum absolute atomic E-state index is 13.1. The lowest BCUT2D eigenvalue weighted by Gasteiger charge is -2.16. The van der Waals surface area contributed by atoms with Gasteiger partial charge in [0.1, 0.15) is 0 Å². The summed E-state index contributed by atoms with van der Waals surface area (Å²) >= 11 is 0. The summed E-state index contributed by atoms with van der Waals surface area (Å²) in [5, 5.41) is 0. The van der Waals surface area contributed by atoms with Crippen LogP contribution in [0.3, 0.4) is 0 Å². The first-order valence-electron chi connectivity index (χ1n) is 12.2. The summed E-state index contributed by atoms with van der Waals surface area (Å²) in [7, 11) is 0. The molecule has 4 aromatic carbocycles. The molecule has 0 atom stereocenters. The zero-order valence-electron chi connectivity index (χ0n) is 21.0. The normalized spacial score (nSPS) is 10.9. The van der Waals surface area contributed by atoms with E-state index < -0.39 is 11.9 Å². The summed E-state index contributed by atoms with van der Waals surface area (Å²) in [5.74, 6) is -0.906. The topological polar surface area (TPSA) is 52.6 Å². The SMILES string of the molecule is CC(C)c1ccccc1-c1ccccc1C(=O)OOC(=O)c1ccccc1-c1ccccc1C(C)C. The van der Waals surface area contributed by atoms with Crippen LogP contribution in [0, 0.1) is 0 Å². The van der Waals surface area contributed by atoms with Crippen LogP contribution < -0.4 is 0 Å². The molecule has 0 saturated carbocycles. The molecular weight excluding hydrogens is 448 g/mol. The first-order chi connectivity index (χ1) is 17.4. The Morgan fingerprint density at radius 1 is 0.472 bits per heavy atom. The lowest BCUT2D eigenvalue weighted by atomic mass is 9.90. The second-order valence-corrected chi connectivity index (χ2v) is 9.32. The average molecular weight is 479 g/mol. The maximum atomic E-state index is 13.1. The van der Waals surface area contributed by atoms with Gasteiger partial charge in [-0.2, -0.15) is 0 Å². The summed E-state index contributed by atoms with van der Waals surface area (Å²) < 4.78 is 0. The summed E-state index contributed by atoms with van der Waals surface area (Å²) in [6, 6.07) is 30.3. The van der Waals surface area contributed by atoms with E-state index in [0.717, 1.165) is 33.4 Å². The summed E-state index contributed by atoms with van der Waals surface area (Å²) in [6.07, 6.45) is 0. The van der Waals surface area contributed by atoms with Gasteiger partial charge in [-0.05, 0) is 57.3 Å². The largest absolute Gasteiger partial charge is 0.386 e. The molecule has 0 heterocycles. The lowest BCUT2D eigenvalue weighted by molar-refractivity contribution is -0.187. The van der Waals surface area contributed by atoms with Gasteiger partial charge in [-0.3, -0.25) is 0 Å². The second-order valence-electron chi connectivity index (χ2n) is 9.32. The van der Waals surface area contributed by atoms with E-state index >= 15 is 0 Å². The van der Waals surface area contributed by atoms with Gasteiger partial charge in [-0.15, -0.1) is 0 Å². The number of benzene rings is 4. The summed E-state index contributed by atoms with van der Waals surface area (Å²) in [4.78, 5) is 36.3. The molecule has 0 saturated heterocycles. The fraction of sp³-hybridized carbons (Fsp3) is 0.188. The van der Waals surface area contributed by atoms with Crippen LogP contribution in [0.4, 0.5) is 0 Å². The van der Waals surface area contributed by atoms with Crippen LogP contribution in [-0.4, -0.2) is 11.9 Å². The Kier molecular flexibility index (Phi) is 7.65. The van der Waals surface area contributed by atoms with E-state index in [-0.39, 0.29) is 11.8 Å². The van der Waals surface area contributed by atoms with Gasteiger partial charge in [0.25, 0.3) is 0 Å². The maximum Gasteiger partial charge on any atom is 0.386 e. The molecule has 4 rings (SSSR count). The van der Waals surface area contributed by atoms with E-state index in [1.54, 1.807) is 24.3 Å². The Morgan fingerprint density at radius 2 is 0.778 bits per heavy atom. The van der Waals surface area contributed by atoms with Crippen molar-refractivity contribution in [3.63, 3.8) is 0 Å². The predicted molar refractivity (Wildman–Crippen MR) is 143 cm³/mol. The molecule has 0 fully saturated rings. The first-order valence-corrected chi connectivity index (χ1v) is 12.2. The van der Waals surface area contributed by atoms with Gasteiger partial charge in [0.2, 0.25) is 0 Å². The number of hydrogen-bond acceptors (Lipinski definition) is 4. The quantitative estimate of drug-likeness (QED) is 0.207. The lowest BCUT2D eigenvalue weighted by Crippen LogP contribution is -2.14. The van der Waals surface area contributed by atoms with E-state index in [4.69, 9.17) is 9.78 Å². The standard InChI is InChI=1S/C32H30O4/c1-21(2)23-13-5-7-15-25(23)27-17-9-11-19-29(27)31(33)35-36-32(34)30-20-12-10-18-28(30)26-16-8-6-14-24(26)22(3)4/h5-22H,1-4H3. The van der Waals surface area contributed by atoms with E-state index in [0.29, 0.717) is 11.1 Å². The minimum absolute atomic E-state index is 0.272. The van der Waals surface area contributed by atoms with Crippen molar-refractivity contribution < 1.29 is 19.4 Å². The van der Waals surface area contributed by atoms with Crippen LogP contribution >= 0.6 is 0 Å². The molecule has 0 radical (unpaired) electrons. The van der Waals surface area contributed by atoms with Gasteiger partial charge in [-0.25, -0.2) is 19.4 Å². The van der Waals surface area contributed by atoms with Gasteiger partial charge in [0, 0.05) is 0 Å². The van der Waals surface area contributed by atoms with Crippen molar-refractivity contribution in [1.29, 1.82) is 0 Å². The molecular formula is C32H30O4. The second kappa shape index (κ2) is 11.0. The molecule has 0 N–H and O–H groups in total. The Hall–Kier alpha value is -4.18. The van der Waals surface area contributed by atoms with Crippen LogP contribution in [0.15, 0.2) is 97.1 Å². The number of hydrogen-bond donors (Lipinski definition) is 0. The fourth-order valence-corrected chi connectivity index (χ4v) is 4.45. The van der Waals surface area contributed by atoms with Crippen molar-refractivity contribution in [2.45, 2.75) is 39.5 Å². The van der Waals surface area contributed by atoms with E-state index in [1.165, 1.54) is 0 Å². The molecule has 0 aromatic heterocycles. The third-order valence-corrected chi connectivity index (χ3v) is 6.23. The van der Waals surface area contributed by atoms with Gasteiger partial charge in [-0.1, -0.05) is 113 Å². The van der Waals surface area contributed by atoms with Crippen LogP contribution in [0.2, 0.25) is 0 Å². The minimum atomic E-state index is -0.724. The molecule has 4 aromatic rings. The Labute approximate surface area is 212 Å². The molecule has 0 spiro atoms. The van der Waals surface area contributed by atoms with Crippen LogP contribution in [0.25, 0.3) is 22.3 Å². The zero-order chi connectivity index (χ0) is 25.7. The van der Waals surface area contributed by atoms with E-state index in [9.17, 15) is 9.59 Å². The van der Waals surface area contributed by atoms with E-state index in [1.807, 2.05) is 72.8 Å². The summed E-state index contributed by atoms with van der Waals surface area (Å²) in [5.41, 5.74) is 6.25. The van der Waals surface area contributed by atoms with Crippen molar-refractivity contribution in [3.8, 4) is 22.3 Å². The molecule has 0 aliphatic carbocycles. The molecule has 0 aliphatic heterocycles. The van der Waals surface area contributed by atoms with Crippen LogP contribution in [0.5, 0.6) is 0 Å². The molecule has 4 nitrogen and oxygen atoms in total.